The highest BCUT2D eigenvalue weighted by Gasteiger charge is 2.11. The van der Waals surface area contributed by atoms with E-state index in [1.54, 1.807) is 42.9 Å². The number of benzene rings is 1. The summed E-state index contributed by atoms with van der Waals surface area (Å²) in [7, 11) is 0. The molecule has 0 fully saturated rings. The van der Waals surface area contributed by atoms with Gasteiger partial charge in [-0.15, -0.1) is 0 Å². The first kappa shape index (κ1) is 12.4. The summed E-state index contributed by atoms with van der Waals surface area (Å²) >= 11 is 0. The van der Waals surface area contributed by atoms with E-state index in [1.807, 2.05) is 6.07 Å². The molecule has 2 N–H and O–H groups in total. The van der Waals surface area contributed by atoms with Gasteiger partial charge in [0.15, 0.2) is 5.78 Å². The summed E-state index contributed by atoms with van der Waals surface area (Å²) in [6, 6.07) is 8.97. The smallest absolute Gasteiger partial charge is 0.190 e. The number of aromatic nitrogens is 2. The number of nitrogens with zero attached hydrogens (tertiary/aromatic N) is 1. The third-order valence-electron chi connectivity index (χ3n) is 2.97. The van der Waals surface area contributed by atoms with Crippen molar-refractivity contribution in [3.8, 4) is 11.5 Å². The van der Waals surface area contributed by atoms with Crippen molar-refractivity contribution in [3.05, 3.63) is 54.5 Å². The Morgan fingerprint density at radius 1 is 1.30 bits per heavy atom. The number of pyridine rings is 1. The summed E-state index contributed by atoms with van der Waals surface area (Å²) in [4.78, 5) is 18.5. The van der Waals surface area contributed by atoms with Crippen LogP contribution in [0.25, 0.3) is 10.9 Å². The molecule has 0 aliphatic heterocycles. The number of ketones is 1. The lowest BCUT2D eigenvalue weighted by Gasteiger charge is -2.05. The molecule has 2 aromatic heterocycles. The van der Waals surface area contributed by atoms with Gasteiger partial charge in [-0.2, -0.15) is 0 Å². The quantitative estimate of drug-likeness (QED) is 0.713. The van der Waals surface area contributed by atoms with Crippen LogP contribution < -0.4 is 4.74 Å². The Hall–Kier alpha value is -2.66. The van der Waals surface area contributed by atoms with Gasteiger partial charge in [0, 0.05) is 34.9 Å². The minimum absolute atomic E-state index is 0.308. The molecule has 0 aliphatic rings. The van der Waals surface area contributed by atoms with E-state index in [0.29, 0.717) is 17.1 Å². The summed E-state index contributed by atoms with van der Waals surface area (Å²) in [5.74, 6) is 0.984. The molecule has 3 aromatic rings. The van der Waals surface area contributed by atoms with Gasteiger partial charge in [0.05, 0.1) is 6.20 Å². The maximum Gasteiger partial charge on any atom is 0.190 e. The van der Waals surface area contributed by atoms with Gasteiger partial charge in [0.1, 0.15) is 18.1 Å². The van der Waals surface area contributed by atoms with Crippen LogP contribution in [0.15, 0.2) is 48.9 Å². The highest BCUT2D eigenvalue weighted by molar-refractivity contribution is 6.08. The zero-order chi connectivity index (χ0) is 13.9. The van der Waals surface area contributed by atoms with E-state index < -0.39 is 6.61 Å². The predicted octanol–water partition coefficient (Wildman–Crippen LogP) is 2.53. The lowest BCUT2D eigenvalue weighted by atomic mass is 10.1. The van der Waals surface area contributed by atoms with Crippen molar-refractivity contribution in [1.82, 2.24) is 9.97 Å². The molecule has 0 unspecified atom stereocenters. The zero-order valence-corrected chi connectivity index (χ0v) is 10.5. The number of carbonyl (C=O) groups excluding carboxylic acids is 1. The lowest BCUT2D eigenvalue weighted by Crippen LogP contribution is -2.02. The van der Waals surface area contributed by atoms with Crippen LogP contribution in [0.2, 0.25) is 0 Å². The van der Waals surface area contributed by atoms with Gasteiger partial charge in [-0.05, 0) is 24.3 Å². The molecule has 0 spiro atoms. The fraction of sp³-hybridized carbons (Fsp3) is 0.0667. The standard InChI is InChI=1S/C15H12N2O3/c18-9-15(19)13-8-17-14-6-10(3-4-12(13)14)20-11-2-1-5-16-7-11/h1-8,17-18H,9H2. The Bertz CT molecular complexity index is 750. The summed E-state index contributed by atoms with van der Waals surface area (Å²) < 4.78 is 5.67. The fourth-order valence-corrected chi connectivity index (χ4v) is 2.03. The van der Waals surface area contributed by atoms with E-state index in [2.05, 4.69) is 9.97 Å². The zero-order valence-electron chi connectivity index (χ0n) is 10.5. The third-order valence-corrected chi connectivity index (χ3v) is 2.97. The topological polar surface area (TPSA) is 75.2 Å². The van der Waals surface area contributed by atoms with Crippen molar-refractivity contribution in [3.63, 3.8) is 0 Å². The van der Waals surface area contributed by atoms with Gasteiger partial charge >= 0.3 is 0 Å². The predicted molar refractivity (Wildman–Crippen MR) is 74.0 cm³/mol. The van der Waals surface area contributed by atoms with Gasteiger partial charge < -0.3 is 14.8 Å². The van der Waals surface area contributed by atoms with Crippen molar-refractivity contribution < 1.29 is 14.6 Å². The number of H-pyrrole nitrogens is 1. The number of ether oxygens (including phenoxy) is 1. The maximum atomic E-state index is 11.6. The molecule has 0 aliphatic carbocycles. The van der Waals surface area contributed by atoms with Gasteiger partial charge in [-0.25, -0.2) is 0 Å². The molecule has 0 amide bonds. The van der Waals surface area contributed by atoms with Crippen molar-refractivity contribution >= 4 is 16.7 Å². The summed E-state index contributed by atoms with van der Waals surface area (Å²) in [5.41, 5.74) is 1.26. The van der Waals surface area contributed by atoms with Gasteiger partial charge in [-0.1, -0.05) is 0 Å². The second-order valence-electron chi connectivity index (χ2n) is 4.28. The molecule has 100 valence electrons. The van der Waals surface area contributed by atoms with Crippen molar-refractivity contribution in [2.24, 2.45) is 0 Å². The van der Waals surface area contributed by atoms with Crippen molar-refractivity contribution in [1.29, 1.82) is 0 Å². The van der Waals surface area contributed by atoms with E-state index in [0.717, 1.165) is 10.9 Å². The Labute approximate surface area is 114 Å². The first-order valence-corrected chi connectivity index (χ1v) is 6.11. The molecule has 0 saturated carbocycles. The number of carbonyl (C=O) groups is 1. The van der Waals surface area contributed by atoms with E-state index in [4.69, 9.17) is 9.84 Å². The highest BCUT2D eigenvalue weighted by atomic mass is 16.5. The molecule has 1 aromatic carbocycles. The molecule has 5 heteroatoms. The molecule has 3 rings (SSSR count). The molecule has 0 radical (unpaired) electrons. The Morgan fingerprint density at radius 3 is 2.95 bits per heavy atom. The van der Waals surface area contributed by atoms with Crippen LogP contribution in [0.5, 0.6) is 11.5 Å². The number of rotatable bonds is 4. The molecule has 0 bridgehead atoms. The monoisotopic (exact) mass is 268 g/mol. The van der Waals surface area contributed by atoms with Crippen LogP contribution in [0.1, 0.15) is 10.4 Å². The highest BCUT2D eigenvalue weighted by Crippen LogP contribution is 2.26. The van der Waals surface area contributed by atoms with Crippen LogP contribution in [0.3, 0.4) is 0 Å². The Balaban J connectivity index is 1.94. The number of Topliss-reactive ketones (excluding diaryl/α,β-unsaturated/α-hetero) is 1. The number of aromatic amines is 1. The van der Waals surface area contributed by atoms with Crippen LogP contribution in [0.4, 0.5) is 0 Å². The largest absolute Gasteiger partial charge is 0.456 e. The van der Waals surface area contributed by atoms with Crippen molar-refractivity contribution in [2.45, 2.75) is 0 Å². The first-order valence-electron chi connectivity index (χ1n) is 6.11. The molecule has 2 heterocycles. The number of aliphatic hydroxyl groups is 1. The van der Waals surface area contributed by atoms with E-state index in [9.17, 15) is 4.79 Å². The second kappa shape index (κ2) is 5.14. The van der Waals surface area contributed by atoms with Crippen LogP contribution >= 0.6 is 0 Å². The van der Waals surface area contributed by atoms with Crippen LogP contribution in [0, 0.1) is 0 Å². The maximum absolute atomic E-state index is 11.6. The number of aliphatic hydroxyl groups excluding tert-OH is 1. The normalized spacial score (nSPS) is 10.7. The minimum atomic E-state index is -0.499. The second-order valence-corrected chi connectivity index (χ2v) is 4.28. The number of hydrogen-bond acceptors (Lipinski definition) is 4. The Morgan fingerprint density at radius 2 is 2.20 bits per heavy atom. The third kappa shape index (κ3) is 2.26. The summed E-state index contributed by atoms with van der Waals surface area (Å²) in [6.07, 6.45) is 4.89. The summed E-state index contributed by atoms with van der Waals surface area (Å²) in [5, 5.41) is 9.69. The number of fused-ring (bicyclic) bond motifs is 1. The molecule has 0 atom stereocenters. The van der Waals surface area contributed by atoms with Crippen LogP contribution in [-0.4, -0.2) is 27.5 Å². The average Bonchev–Trinajstić information content (AvgIpc) is 2.90. The molecular weight excluding hydrogens is 256 g/mol. The van der Waals surface area contributed by atoms with E-state index in [1.165, 1.54) is 0 Å². The molecule has 5 nitrogen and oxygen atoms in total. The minimum Gasteiger partial charge on any atom is -0.456 e. The molecule has 0 saturated heterocycles. The molecular formula is C15H12N2O3. The van der Waals surface area contributed by atoms with E-state index in [-0.39, 0.29) is 5.78 Å². The number of hydrogen-bond donors (Lipinski definition) is 2. The van der Waals surface area contributed by atoms with Crippen molar-refractivity contribution in [2.75, 3.05) is 6.61 Å². The Kier molecular flexibility index (Phi) is 3.18. The number of nitrogens with one attached hydrogen (secondary N) is 1. The van der Waals surface area contributed by atoms with Gasteiger partial charge in [0.25, 0.3) is 0 Å². The van der Waals surface area contributed by atoms with Gasteiger partial charge in [0.2, 0.25) is 0 Å². The first-order chi connectivity index (χ1) is 9.78. The fourth-order valence-electron chi connectivity index (χ4n) is 2.03. The average molecular weight is 268 g/mol. The summed E-state index contributed by atoms with van der Waals surface area (Å²) in [6.45, 7) is -0.499. The van der Waals surface area contributed by atoms with E-state index >= 15 is 0 Å². The SMILES string of the molecule is O=C(CO)c1c[nH]c2cc(Oc3cccnc3)ccc12. The lowest BCUT2D eigenvalue weighted by molar-refractivity contribution is 0.0905. The molecule has 20 heavy (non-hydrogen) atoms. The van der Waals surface area contributed by atoms with Crippen LogP contribution in [-0.2, 0) is 0 Å². The van der Waals surface area contributed by atoms with Gasteiger partial charge in [-0.3, -0.25) is 9.78 Å².